The molecule has 0 radical (unpaired) electrons. The number of nitrogens with zero attached hydrogens (tertiary/aromatic N) is 3. The van der Waals surface area contributed by atoms with Gasteiger partial charge in [0.05, 0.1) is 0 Å². The number of nitrogens with one attached hydrogen (secondary N) is 2. The molecule has 1 aliphatic carbocycles. The second-order valence-electron chi connectivity index (χ2n) is 20.1. The normalized spacial score (nSPS) is 18.2. The maximum atomic E-state index is 13.0. The summed E-state index contributed by atoms with van der Waals surface area (Å²) in [6.07, 6.45) is 20.7. The van der Waals surface area contributed by atoms with E-state index in [1.165, 1.54) is 118 Å². The second kappa shape index (κ2) is 29.0. The maximum absolute atomic E-state index is 13.0. The zero-order chi connectivity index (χ0) is 49.7. The fraction of sp³-hybridized carbons (Fsp3) is 0.590. The van der Waals surface area contributed by atoms with Crippen molar-refractivity contribution >= 4 is 11.5 Å². The van der Waals surface area contributed by atoms with Crippen molar-refractivity contribution in [2.45, 2.75) is 153 Å². The Morgan fingerprint density at radius 2 is 1.48 bits per heavy atom. The quantitative estimate of drug-likeness (QED) is 0.0886. The fourth-order valence-corrected chi connectivity index (χ4v) is 10.8. The van der Waals surface area contributed by atoms with Crippen LogP contribution in [0.1, 0.15) is 152 Å². The molecule has 4 aliphatic rings. The van der Waals surface area contributed by atoms with E-state index in [0.717, 1.165) is 78.7 Å². The van der Waals surface area contributed by atoms with Gasteiger partial charge in [-0.2, -0.15) is 0 Å². The molecule has 1 spiro atoms. The number of hydrogen-bond acceptors (Lipinski definition) is 5. The van der Waals surface area contributed by atoms with Gasteiger partial charge in [0.15, 0.2) is 0 Å². The van der Waals surface area contributed by atoms with E-state index in [0.29, 0.717) is 17.8 Å². The van der Waals surface area contributed by atoms with Gasteiger partial charge in [-0.25, -0.2) is 0 Å². The molecule has 1 amide bonds. The molecule has 1 saturated carbocycles. The van der Waals surface area contributed by atoms with Crippen molar-refractivity contribution in [1.29, 1.82) is 0 Å². The highest BCUT2D eigenvalue weighted by molar-refractivity contribution is 5.99. The number of aryl methyl sites for hydroxylation is 4. The molecule has 6 heteroatoms. The smallest absolute Gasteiger partial charge is 0.247 e. The van der Waals surface area contributed by atoms with Gasteiger partial charge in [-0.1, -0.05) is 90.3 Å². The number of likely N-dealkylation sites (N-methyl/N-ethyl adjacent to an activating group) is 1. The van der Waals surface area contributed by atoms with Crippen LogP contribution in [0.15, 0.2) is 97.4 Å². The summed E-state index contributed by atoms with van der Waals surface area (Å²) in [6.45, 7) is 46.3. The van der Waals surface area contributed by atoms with E-state index in [4.69, 9.17) is 0 Å². The van der Waals surface area contributed by atoms with Crippen LogP contribution in [0.4, 0.5) is 0 Å². The Balaban J connectivity index is 0.000000691. The average molecular weight is 916 g/mol. The molecule has 3 heterocycles. The molecule has 2 aromatic carbocycles. The van der Waals surface area contributed by atoms with Gasteiger partial charge in [0.25, 0.3) is 0 Å². The molecule has 0 bridgehead atoms. The van der Waals surface area contributed by atoms with Crippen molar-refractivity contribution in [3.05, 3.63) is 136 Å². The topological polar surface area (TPSA) is 50.9 Å². The highest BCUT2D eigenvalue weighted by Gasteiger charge is 2.45. The molecule has 2 aromatic rings. The minimum Gasteiger partial charge on any atom is -0.392 e. The van der Waals surface area contributed by atoms with Crippen LogP contribution < -0.4 is 10.6 Å². The molecule has 4 fully saturated rings. The number of benzene rings is 2. The summed E-state index contributed by atoms with van der Waals surface area (Å²) in [7, 11) is 3.63. The summed E-state index contributed by atoms with van der Waals surface area (Å²) in [5, 5.41) is 5.91. The molecule has 1 unspecified atom stereocenters. The van der Waals surface area contributed by atoms with Gasteiger partial charge < -0.3 is 20.4 Å². The van der Waals surface area contributed by atoms with Crippen molar-refractivity contribution in [3.8, 4) is 0 Å². The Hall–Kier alpha value is -4.13. The zero-order valence-corrected chi connectivity index (χ0v) is 45.1. The first-order valence-corrected chi connectivity index (χ1v) is 26.4. The first-order chi connectivity index (χ1) is 32.1. The van der Waals surface area contributed by atoms with Crippen LogP contribution in [0.5, 0.6) is 0 Å². The predicted molar refractivity (Wildman–Crippen MR) is 293 cm³/mol. The number of rotatable bonds is 18. The first-order valence-electron chi connectivity index (χ1n) is 26.4. The number of allylic oxidation sites excluding steroid dienone is 7. The van der Waals surface area contributed by atoms with E-state index < -0.39 is 0 Å². The van der Waals surface area contributed by atoms with Crippen molar-refractivity contribution < 1.29 is 4.79 Å². The fourth-order valence-electron chi connectivity index (χ4n) is 10.8. The predicted octanol–water partition coefficient (Wildman–Crippen LogP) is 13.7. The van der Waals surface area contributed by atoms with Crippen molar-refractivity contribution in [3.63, 3.8) is 0 Å². The van der Waals surface area contributed by atoms with E-state index in [2.05, 4.69) is 137 Å². The van der Waals surface area contributed by atoms with Gasteiger partial charge >= 0.3 is 0 Å². The minimum absolute atomic E-state index is 0.0181. The Morgan fingerprint density at radius 3 is 1.97 bits per heavy atom. The number of amides is 1. The van der Waals surface area contributed by atoms with Gasteiger partial charge in [-0.15, -0.1) is 13.2 Å². The molecule has 1 atom stereocenters. The standard InChI is InChI=1S/C47H68N4O.C9H17N.C3H6.C2H6/c1-9-41-13-12-39(24-33(41)3)28-40-29-47(30-40)16-22-50(23-17-47)31-38-14-20-49(21-15-38)32-45-34(4)25-42(26-35(45)5)37(7)44(43(10-2)46(52)48-8)27-36(6)51-18-11-19-51;1-5-6-7-8(2)9(3)10-4;1-3-2;1-2/h12-13,24-27,38,40H,7,9-11,14-23,28-32H2,1-6,8H3,(H,48,52);5,8,10H,1,3,6-7H2,2,4H3;3H,1H2,2H3;1-2H3/b36-27+,44-43-;;;. The van der Waals surface area contributed by atoms with Crippen LogP contribution in [0.3, 0.4) is 0 Å². The third-order valence-electron chi connectivity index (χ3n) is 15.3. The van der Waals surface area contributed by atoms with E-state index in [9.17, 15) is 4.79 Å². The lowest BCUT2D eigenvalue weighted by Crippen LogP contribution is -2.49. The number of piperidine rings is 2. The molecular formula is C61H97N5O. The number of likely N-dealkylation sites (tertiary alicyclic amines) is 3. The average Bonchev–Trinajstić information content (AvgIpc) is 3.29. The van der Waals surface area contributed by atoms with Crippen LogP contribution in [0.25, 0.3) is 5.57 Å². The summed E-state index contributed by atoms with van der Waals surface area (Å²) >= 11 is 0. The lowest BCUT2D eigenvalue weighted by Gasteiger charge is -2.53. The van der Waals surface area contributed by atoms with Crippen LogP contribution in [-0.4, -0.2) is 80.5 Å². The summed E-state index contributed by atoms with van der Waals surface area (Å²) in [6, 6.07) is 11.8. The van der Waals surface area contributed by atoms with Gasteiger partial charge in [-0.05, 0) is 217 Å². The zero-order valence-electron chi connectivity index (χ0n) is 45.1. The summed E-state index contributed by atoms with van der Waals surface area (Å²) < 4.78 is 0. The van der Waals surface area contributed by atoms with Crippen LogP contribution >= 0.6 is 0 Å². The Bertz CT molecular complexity index is 1930. The molecule has 0 aromatic heterocycles. The number of carbonyl (C=O) groups excluding carboxylic acids is 1. The minimum atomic E-state index is -0.0181. The molecule has 3 aliphatic heterocycles. The van der Waals surface area contributed by atoms with Crippen LogP contribution in [-0.2, 0) is 24.2 Å². The Labute approximate surface area is 412 Å². The van der Waals surface area contributed by atoms with Crippen molar-refractivity contribution in [2.24, 2.45) is 23.2 Å². The van der Waals surface area contributed by atoms with Gasteiger partial charge in [0.2, 0.25) is 5.91 Å². The summed E-state index contributed by atoms with van der Waals surface area (Å²) in [5.74, 6) is 2.26. The molecule has 6 rings (SSSR count). The third-order valence-corrected chi connectivity index (χ3v) is 15.3. The lowest BCUT2D eigenvalue weighted by atomic mass is 9.56. The van der Waals surface area contributed by atoms with Crippen molar-refractivity contribution in [2.75, 3.05) is 59.9 Å². The Morgan fingerprint density at radius 1 is 0.866 bits per heavy atom. The van der Waals surface area contributed by atoms with Gasteiger partial charge in [0.1, 0.15) is 0 Å². The van der Waals surface area contributed by atoms with E-state index in [1.807, 2.05) is 33.9 Å². The van der Waals surface area contributed by atoms with Crippen LogP contribution in [0.2, 0.25) is 0 Å². The van der Waals surface area contributed by atoms with E-state index in [-0.39, 0.29) is 5.91 Å². The van der Waals surface area contributed by atoms with Gasteiger partial charge in [-0.3, -0.25) is 9.69 Å². The monoisotopic (exact) mass is 916 g/mol. The van der Waals surface area contributed by atoms with Gasteiger partial charge in [0, 0.05) is 57.2 Å². The SMILES string of the molecule is C=C(C(/C=C(\C)N1CCC1)=C(/CC)C(=O)NC)c1cc(C)c(CN2CCC(CN3CCC4(CC3)CC(Cc3ccc(CC)c(C)c3)C4)CC2)c(C)c1.C=CC.C=CCCC(C)C(=C)NC.CC. The number of hydrogen-bond donors (Lipinski definition) is 2. The summed E-state index contributed by atoms with van der Waals surface area (Å²) in [5.41, 5.74) is 15.4. The third kappa shape index (κ3) is 16.8. The molecule has 372 valence electrons. The first kappa shape index (κ1) is 57.2. The van der Waals surface area contributed by atoms with Crippen molar-refractivity contribution in [1.82, 2.24) is 25.3 Å². The lowest BCUT2D eigenvalue weighted by molar-refractivity contribution is -0.117. The molecule has 67 heavy (non-hydrogen) atoms. The molecule has 2 N–H and O–H groups in total. The molecular weight excluding hydrogens is 819 g/mol. The number of carbonyl (C=O) groups is 1. The summed E-state index contributed by atoms with van der Waals surface area (Å²) in [4.78, 5) is 20.8. The molecule has 6 nitrogen and oxygen atoms in total. The van der Waals surface area contributed by atoms with E-state index >= 15 is 0 Å². The Kier molecular flexibility index (Phi) is 24.8. The highest BCUT2D eigenvalue weighted by Crippen LogP contribution is 2.53. The molecule has 3 saturated heterocycles. The highest BCUT2D eigenvalue weighted by atomic mass is 16.1. The maximum Gasteiger partial charge on any atom is 0.247 e. The van der Waals surface area contributed by atoms with Crippen LogP contribution in [0, 0.1) is 43.9 Å². The van der Waals surface area contributed by atoms with E-state index in [1.54, 1.807) is 18.7 Å². The second-order valence-corrected chi connectivity index (χ2v) is 20.1. The largest absolute Gasteiger partial charge is 0.392 e.